The lowest BCUT2D eigenvalue weighted by Gasteiger charge is -2.20. The van der Waals surface area contributed by atoms with Gasteiger partial charge in [0.05, 0.1) is 13.1 Å². The van der Waals surface area contributed by atoms with Crippen LogP contribution in [0.2, 0.25) is 0 Å². The maximum atomic E-state index is 5.67. The zero-order valence-corrected chi connectivity index (χ0v) is 12.9. The summed E-state index contributed by atoms with van der Waals surface area (Å²) in [5.41, 5.74) is 0.843. The highest BCUT2D eigenvalue weighted by molar-refractivity contribution is 14.0. The minimum atomic E-state index is 0. The zero-order valence-electron chi connectivity index (χ0n) is 9.81. The van der Waals surface area contributed by atoms with E-state index < -0.39 is 0 Å². The Morgan fingerprint density at radius 2 is 2.41 bits per heavy atom. The molecule has 17 heavy (non-hydrogen) atoms. The number of guanidine groups is 1. The third-order valence-corrected chi connectivity index (χ3v) is 2.04. The molecule has 1 rings (SSSR count). The fourth-order valence-corrected chi connectivity index (χ4v) is 1.26. The molecule has 1 N–H and O–H groups in total. The lowest BCUT2D eigenvalue weighted by molar-refractivity contribution is 0.391. The smallest absolute Gasteiger partial charge is 0.194 e. The van der Waals surface area contributed by atoms with Gasteiger partial charge in [0.15, 0.2) is 5.96 Å². The SMILES string of the molecule is C=C(Cl)CNC(=NC)N(C)Cc1ccon1.I. The van der Waals surface area contributed by atoms with Crippen LogP contribution in [0.15, 0.2) is 33.5 Å². The first-order chi connectivity index (χ1) is 7.63. The van der Waals surface area contributed by atoms with Crippen LogP contribution in [0.25, 0.3) is 0 Å². The van der Waals surface area contributed by atoms with Gasteiger partial charge in [0.1, 0.15) is 12.0 Å². The topological polar surface area (TPSA) is 53.7 Å². The molecule has 0 spiro atoms. The van der Waals surface area contributed by atoms with Crippen molar-refractivity contribution >= 4 is 41.5 Å². The lowest BCUT2D eigenvalue weighted by atomic mass is 10.4. The van der Waals surface area contributed by atoms with Crippen molar-refractivity contribution in [3.8, 4) is 0 Å². The van der Waals surface area contributed by atoms with Gasteiger partial charge in [-0.25, -0.2) is 0 Å². The second kappa shape index (κ2) is 8.35. The summed E-state index contributed by atoms with van der Waals surface area (Å²) in [6.07, 6.45) is 1.54. The lowest BCUT2D eigenvalue weighted by Crippen LogP contribution is -2.38. The Morgan fingerprint density at radius 3 is 2.88 bits per heavy atom. The maximum Gasteiger partial charge on any atom is 0.194 e. The predicted molar refractivity (Wildman–Crippen MR) is 79.7 cm³/mol. The van der Waals surface area contributed by atoms with E-state index in [0.29, 0.717) is 18.1 Å². The average Bonchev–Trinajstić information content (AvgIpc) is 2.71. The first-order valence-electron chi connectivity index (χ1n) is 4.77. The normalized spacial score (nSPS) is 10.6. The van der Waals surface area contributed by atoms with Gasteiger partial charge < -0.3 is 14.7 Å². The van der Waals surface area contributed by atoms with E-state index in [1.807, 2.05) is 18.0 Å². The second-order valence-corrected chi connectivity index (χ2v) is 3.80. The van der Waals surface area contributed by atoms with Gasteiger partial charge in [0.25, 0.3) is 0 Å². The molecule has 7 heteroatoms. The molecular weight excluding hydrogens is 354 g/mol. The molecule has 0 aliphatic rings. The number of aromatic nitrogens is 1. The van der Waals surface area contributed by atoms with Gasteiger partial charge in [0.2, 0.25) is 0 Å². The molecule has 0 fully saturated rings. The molecule has 1 aromatic rings. The monoisotopic (exact) mass is 370 g/mol. The van der Waals surface area contributed by atoms with Crippen LogP contribution < -0.4 is 5.32 Å². The molecule has 0 radical (unpaired) electrons. The second-order valence-electron chi connectivity index (χ2n) is 3.26. The van der Waals surface area contributed by atoms with Crippen LogP contribution in [0.1, 0.15) is 5.69 Å². The van der Waals surface area contributed by atoms with E-state index in [1.54, 1.807) is 13.3 Å². The van der Waals surface area contributed by atoms with Crippen molar-refractivity contribution in [3.63, 3.8) is 0 Å². The molecule has 1 heterocycles. The van der Waals surface area contributed by atoms with Crippen LogP contribution in [0, 0.1) is 0 Å². The summed E-state index contributed by atoms with van der Waals surface area (Å²) in [5, 5.41) is 7.43. The Bertz CT molecular complexity index is 366. The average molecular weight is 371 g/mol. The summed E-state index contributed by atoms with van der Waals surface area (Å²) in [5.74, 6) is 0.727. The van der Waals surface area contributed by atoms with Crippen LogP contribution in [0.5, 0.6) is 0 Å². The maximum absolute atomic E-state index is 5.67. The highest BCUT2D eigenvalue weighted by Gasteiger charge is 2.07. The van der Waals surface area contributed by atoms with Crippen molar-refractivity contribution in [1.82, 2.24) is 15.4 Å². The minimum absolute atomic E-state index is 0. The van der Waals surface area contributed by atoms with E-state index in [1.165, 1.54) is 0 Å². The summed E-state index contributed by atoms with van der Waals surface area (Å²) in [6, 6.07) is 1.81. The van der Waals surface area contributed by atoms with E-state index >= 15 is 0 Å². The van der Waals surface area contributed by atoms with Gasteiger partial charge in [0, 0.05) is 25.2 Å². The van der Waals surface area contributed by atoms with Crippen LogP contribution in [-0.2, 0) is 6.54 Å². The predicted octanol–water partition coefficient (Wildman–Crippen LogP) is 2.05. The number of nitrogens with one attached hydrogen (secondary N) is 1. The van der Waals surface area contributed by atoms with Crippen LogP contribution in [0.3, 0.4) is 0 Å². The molecular formula is C10H16ClIN4O. The summed E-state index contributed by atoms with van der Waals surface area (Å²) in [6.45, 7) is 4.70. The summed E-state index contributed by atoms with van der Waals surface area (Å²) >= 11 is 5.67. The molecule has 0 amide bonds. The Morgan fingerprint density at radius 1 is 1.71 bits per heavy atom. The number of hydrogen-bond donors (Lipinski definition) is 1. The highest BCUT2D eigenvalue weighted by Crippen LogP contribution is 2.00. The van der Waals surface area contributed by atoms with Crippen molar-refractivity contribution < 1.29 is 4.52 Å². The molecule has 5 nitrogen and oxygen atoms in total. The highest BCUT2D eigenvalue weighted by atomic mass is 127. The molecule has 0 unspecified atom stereocenters. The fourth-order valence-electron chi connectivity index (χ4n) is 1.20. The van der Waals surface area contributed by atoms with E-state index in [9.17, 15) is 0 Å². The number of hydrogen-bond acceptors (Lipinski definition) is 3. The van der Waals surface area contributed by atoms with E-state index in [2.05, 4.69) is 22.0 Å². The summed E-state index contributed by atoms with van der Waals surface area (Å²) in [4.78, 5) is 6.03. The molecule has 0 aromatic carbocycles. The minimum Gasteiger partial charge on any atom is -0.364 e. The largest absolute Gasteiger partial charge is 0.364 e. The van der Waals surface area contributed by atoms with Gasteiger partial charge in [-0.2, -0.15) is 0 Å². The number of nitrogens with zero attached hydrogens (tertiary/aromatic N) is 3. The number of rotatable bonds is 4. The number of halogens is 2. The van der Waals surface area contributed by atoms with Crippen molar-refractivity contribution in [1.29, 1.82) is 0 Å². The molecule has 0 aliphatic heterocycles. The van der Waals surface area contributed by atoms with E-state index in [4.69, 9.17) is 16.1 Å². The third-order valence-electron chi connectivity index (χ3n) is 1.90. The first kappa shape index (κ1) is 16.2. The van der Waals surface area contributed by atoms with Crippen LogP contribution >= 0.6 is 35.6 Å². The van der Waals surface area contributed by atoms with Crippen molar-refractivity contribution in [3.05, 3.63) is 29.6 Å². The van der Waals surface area contributed by atoms with Gasteiger partial charge in [-0.1, -0.05) is 23.3 Å². The third kappa shape index (κ3) is 5.92. The van der Waals surface area contributed by atoms with Gasteiger partial charge in [-0.3, -0.25) is 4.99 Å². The van der Waals surface area contributed by atoms with Crippen LogP contribution in [0.4, 0.5) is 0 Å². The van der Waals surface area contributed by atoms with Crippen molar-refractivity contribution in [2.45, 2.75) is 6.54 Å². The molecule has 0 bridgehead atoms. The van der Waals surface area contributed by atoms with Crippen molar-refractivity contribution in [2.75, 3.05) is 20.6 Å². The van der Waals surface area contributed by atoms with Gasteiger partial charge in [-0.15, -0.1) is 24.0 Å². The molecule has 0 saturated carbocycles. The zero-order chi connectivity index (χ0) is 12.0. The quantitative estimate of drug-likeness (QED) is 0.501. The Hall–Kier alpha value is -0.760. The Kier molecular flexibility index (Phi) is 7.98. The van der Waals surface area contributed by atoms with E-state index in [0.717, 1.165) is 11.7 Å². The Balaban J connectivity index is 0.00000256. The standard InChI is InChI=1S/C10H15ClN4O.HI/c1-8(11)6-13-10(12-2)15(3)7-9-4-5-16-14-9;/h4-5H,1,6-7H2,2-3H3,(H,12,13);1H. The molecule has 1 aromatic heterocycles. The summed E-state index contributed by atoms with van der Waals surface area (Å²) in [7, 11) is 3.61. The Labute approximate surface area is 123 Å². The van der Waals surface area contributed by atoms with Gasteiger partial charge >= 0.3 is 0 Å². The van der Waals surface area contributed by atoms with Crippen LogP contribution in [-0.4, -0.2) is 36.7 Å². The van der Waals surface area contributed by atoms with E-state index in [-0.39, 0.29) is 24.0 Å². The molecule has 0 atom stereocenters. The van der Waals surface area contributed by atoms with Crippen molar-refractivity contribution in [2.24, 2.45) is 4.99 Å². The number of aliphatic imine (C=N–C) groups is 1. The van der Waals surface area contributed by atoms with Gasteiger partial charge in [-0.05, 0) is 0 Å². The fraction of sp³-hybridized carbons (Fsp3) is 0.400. The molecule has 96 valence electrons. The summed E-state index contributed by atoms with van der Waals surface area (Å²) < 4.78 is 4.75. The molecule has 0 saturated heterocycles. The molecule has 0 aliphatic carbocycles. The first-order valence-corrected chi connectivity index (χ1v) is 5.15.